The number of methoxy groups -OCH3 is 1. The molecule has 1 aromatic carbocycles. The number of aromatic nitrogens is 2. The molecule has 1 aliphatic heterocycles. The molecule has 1 amide bonds. The van der Waals surface area contributed by atoms with E-state index in [0.717, 1.165) is 37.0 Å². The molecule has 8 nitrogen and oxygen atoms in total. The van der Waals surface area contributed by atoms with Gasteiger partial charge in [-0.05, 0) is 43.3 Å². The Morgan fingerprint density at radius 1 is 1.04 bits per heavy atom. The second kappa shape index (κ2) is 9.07. The predicted octanol–water partition coefficient (Wildman–Crippen LogP) is 1.64. The molecular formula is C19H25N5O3. The number of rotatable bonds is 7. The minimum atomic E-state index is -0.0148. The highest BCUT2D eigenvalue weighted by Crippen LogP contribution is 2.18. The van der Waals surface area contributed by atoms with E-state index in [2.05, 4.69) is 20.4 Å². The number of hydrogen-bond donors (Lipinski definition) is 1. The van der Waals surface area contributed by atoms with E-state index in [1.54, 1.807) is 31.4 Å². The predicted molar refractivity (Wildman–Crippen MR) is 103 cm³/mol. The van der Waals surface area contributed by atoms with Crippen LogP contribution >= 0.6 is 0 Å². The van der Waals surface area contributed by atoms with Crippen LogP contribution in [0.5, 0.6) is 11.5 Å². The molecule has 1 fully saturated rings. The maximum Gasteiger partial charge on any atom is 0.260 e. The summed E-state index contributed by atoms with van der Waals surface area (Å²) in [6.07, 6.45) is 0. The van der Waals surface area contributed by atoms with E-state index in [1.807, 2.05) is 24.0 Å². The summed E-state index contributed by atoms with van der Waals surface area (Å²) in [5, 5.41) is 11.5. The van der Waals surface area contributed by atoms with Crippen molar-refractivity contribution in [2.45, 2.75) is 6.92 Å². The molecule has 0 radical (unpaired) electrons. The fraction of sp³-hybridized carbons (Fsp3) is 0.421. The van der Waals surface area contributed by atoms with Crippen LogP contribution in [0, 0.1) is 0 Å². The molecule has 3 rings (SSSR count). The Morgan fingerprint density at radius 3 is 2.33 bits per heavy atom. The quantitative estimate of drug-likeness (QED) is 0.793. The van der Waals surface area contributed by atoms with Crippen molar-refractivity contribution in [1.82, 2.24) is 15.1 Å². The number of nitrogens with zero attached hydrogens (tertiary/aromatic N) is 4. The minimum Gasteiger partial charge on any atom is -0.497 e. The second-order valence-electron chi connectivity index (χ2n) is 6.14. The zero-order valence-electron chi connectivity index (χ0n) is 15.7. The lowest BCUT2D eigenvalue weighted by molar-refractivity contribution is -0.133. The number of anilines is 2. The summed E-state index contributed by atoms with van der Waals surface area (Å²) in [5.74, 6) is 2.99. The van der Waals surface area contributed by atoms with Gasteiger partial charge in [0.1, 0.15) is 17.3 Å². The van der Waals surface area contributed by atoms with E-state index in [9.17, 15) is 4.79 Å². The lowest BCUT2D eigenvalue weighted by Crippen LogP contribution is -2.50. The van der Waals surface area contributed by atoms with Crippen LogP contribution in [0.3, 0.4) is 0 Å². The molecule has 0 spiro atoms. The molecule has 0 saturated carbocycles. The van der Waals surface area contributed by atoms with E-state index < -0.39 is 0 Å². The molecule has 0 bridgehead atoms. The number of hydrogen-bond acceptors (Lipinski definition) is 7. The molecule has 1 saturated heterocycles. The van der Waals surface area contributed by atoms with Gasteiger partial charge in [-0.25, -0.2) is 0 Å². The second-order valence-corrected chi connectivity index (χ2v) is 6.14. The molecule has 1 aromatic heterocycles. The zero-order valence-corrected chi connectivity index (χ0v) is 15.7. The molecular weight excluding hydrogens is 346 g/mol. The Balaban J connectivity index is 1.45. The summed E-state index contributed by atoms with van der Waals surface area (Å²) in [5.41, 5.74) is 0. The van der Waals surface area contributed by atoms with Crippen LogP contribution in [0.25, 0.3) is 0 Å². The first-order chi connectivity index (χ1) is 13.2. The van der Waals surface area contributed by atoms with E-state index >= 15 is 0 Å². The van der Waals surface area contributed by atoms with Gasteiger partial charge >= 0.3 is 0 Å². The van der Waals surface area contributed by atoms with Gasteiger partial charge in [-0.2, -0.15) is 0 Å². The lowest BCUT2D eigenvalue weighted by Gasteiger charge is -2.35. The molecule has 0 unspecified atom stereocenters. The fourth-order valence-corrected chi connectivity index (χ4v) is 2.86. The van der Waals surface area contributed by atoms with E-state index in [-0.39, 0.29) is 12.5 Å². The third kappa shape index (κ3) is 4.99. The number of benzene rings is 1. The van der Waals surface area contributed by atoms with Gasteiger partial charge in [-0.1, -0.05) is 0 Å². The van der Waals surface area contributed by atoms with Gasteiger partial charge in [0.05, 0.1) is 7.11 Å². The largest absolute Gasteiger partial charge is 0.497 e. The summed E-state index contributed by atoms with van der Waals surface area (Å²) in [6, 6.07) is 11.1. The summed E-state index contributed by atoms with van der Waals surface area (Å²) >= 11 is 0. The van der Waals surface area contributed by atoms with Crippen LogP contribution in [0.15, 0.2) is 36.4 Å². The highest BCUT2D eigenvalue weighted by atomic mass is 16.5. The smallest absolute Gasteiger partial charge is 0.260 e. The molecule has 0 aliphatic carbocycles. The molecule has 1 aliphatic rings. The summed E-state index contributed by atoms with van der Waals surface area (Å²) < 4.78 is 10.7. The van der Waals surface area contributed by atoms with Crippen molar-refractivity contribution in [3.8, 4) is 11.5 Å². The van der Waals surface area contributed by atoms with Gasteiger partial charge in [0, 0.05) is 32.7 Å². The lowest BCUT2D eigenvalue weighted by atomic mass is 10.3. The van der Waals surface area contributed by atoms with Crippen molar-refractivity contribution in [3.05, 3.63) is 36.4 Å². The van der Waals surface area contributed by atoms with Gasteiger partial charge in [-0.15, -0.1) is 10.2 Å². The number of ether oxygens (including phenoxy) is 2. The fourth-order valence-electron chi connectivity index (χ4n) is 2.86. The van der Waals surface area contributed by atoms with Crippen LogP contribution in [0.4, 0.5) is 11.6 Å². The normalized spacial score (nSPS) is 14.0. The van der Waals surface area contributed by atoms with Gasteiger partial charge in [0.15, 0.2) is 12.4 Å². The topological polar surface area (TPSA) is 79.8 Å². The van der Waals surface area contributed by atoms with E-state index in [1.165, 1.54) is 0 Å². The molecule has 1 N–H and O–H groups in total. The average molecular weight is 371 g/mol. The van der Waals surface area contributed by atoms with Crippen LogP contribution < -0.4 is 19.7 Å². The highest BCUT2D eigenvalue weighted by molar-refractivity contribution is 5.78. The Morgan fingerprint density at radius 2 is 1.74 bits per heavy atom. The third-order valence-electron chi connectivity index (χ3n) is 4.39. The number of amides is 1. The van der Waals surface area contributed by atoms with Crippen LogP contribution in [0.2, 0.25) is 0 Å². The van der Waals surface area contributed by atoms with Crippen LogP contribution in [-0.2, 0) is 4.79 Å². The van der Waals surface area contributed by atoms with Crippen LogP contribution in [0.1, 0.15) is 6.92 Å². The highest BCUT2D eigenvalue weighted by Gasteiger charge is 2.22. The number of piperazine rings is 1. The Kier molecular flexibility index (Phi) is 6.30. The average Bonchev–Trinajstić information content (AvgIpc) is 2.73. The van der Waals surface area contributed by atoms with Crippen molar-refractivity contribution < 1.29 is 14.3 Å². The number of carbonyl (C=O) groups excluding carboxylic acids is 1. The maximum absolute atomic E-state index is 12.4. The maximum atomic E-state index is 12.4. The van der Waals surface area contributed by atoms with Gasteiger partial charge in [-0.3, -0.25) is 4.79 Å². The number of carbonyl (C=O) groups is 1. The molecule has 144 valence electrons. The molecule has 2 aromatic rings. The SMILES string of the molecule is CCNc1ccc(N2CCN(C(=O)COc3ccc(OC)cc3)CC2)nn1. The van der Waals surface area contributed by atoms with Crippen molar-refractivity contribution in [3.63, 3.8) is 0 Å². The van der Waals surface area contributed by atoms with Crippen molar-refractivity contribution in [2.24, 2.45) is 0 Å². The molecule has 8 heteroatoms. The van der Waals surface area contributed by atoms with Gasteiger partial charge < -0.3 is 24.6 Å². The molecule has 2 heterocycles. The van der Waals surface area contributed by atoms with Gasteiger partial charge in [0.25, 0.3) is 5.91 Å². The van der Waals surface area contributed by atoms with Crippen molar-refractivity contribution >= 4 is 17.5 Å². The molecule has 27 heavy (non-hydrogen) atoms. The first-order valence-corrected chi connectivity index (χ1v) is 9.06. The summed E-state index contributed by atoms with van der Waals surface area (Å²) in [6.45, 7) is 5.59. The molecule has 0 atom stereocenters. The Bertz CT molecular complexity index is 728. The standard InChI is InChI=1S/C19H25N5O3/c1-3-20-17-8-9-18(22-21-17)23-10-12-24(13-11-23)19(25)14-27-16-6-4-15(26-2)5-7-16/h4-9H,3,10-14H2,1-2H3,(H,20,21). The Labute approximate surface area is 159 Å². The van der Waals surface area contributed by atoms with E-state index in [0.29, 0.717) is 18.8 Å². The monoisotopic (exact) mass is 371 g/mol. The summed E-state index contributed by atoms with van der Waals surface area (Å²) in [7, 11) is 1.61. The zero-order chi connectivity index (χ0) is 19.1. The first kappa shape index (κ1) is 18.8. The number of nitrogens with one attached hydrogen (secondary N) is 1. The summed E-state index contributed by atoms with van der Waals surface area (Å²) in [4.78, 5) is 16.3. The van der Waals surface area contributed by atoms with Crippen LogP contribution in [-0.4, -0.2) is 67.4 Å². The minimum absolute atomic E-state index is 0.0148. The third-order valence-corrected chi connectivity index (χ3v) is 4.39. The first-order valence-electron chi connectivity index (χ1n) is 9.06. The van der Waals surface area contributed by atoms with E-state index in [4.69, 9.17) is 9.47 Å². The Hall–Kier alpha value is -3.03. The van der Waals surface area contributed by atoms with Crippen molar-refractivity contribution in [2.75, 3.05) is 56.7 Å². The van der Waals surface area contributed by atoms with Gasteiger partial charge in [0.2, 0.25) is 0 Å². The van der Waals surface area contributed by atoms with Crippen molar-refractivity contribution in [1.29, 1.82) is 0 Å².